The molecule has 0 radical (unpaired) electrons. The highest BCUT2D eigenvalue weighted by molar-refractivity contribution is 6.26. The number of allylic oxidation sites excluding steroid dienone is 2. The van der Waals surface area contributed by atoms with Gasteiger partial charge in [-0.1, -0.05) is 19.2 Å². The van der Waals surface area contributed by atoms with Crippen molar-refractivity contribution >= 4 is 29.6 Å². The van der Waals surface area contributed by atoms with Crippen LogP contribution in [0.3, 0.4) is 0 Å². The Kier molecular flexibility index (Phi) is 8.63. The van der Waals surface area contributed by atoms with Crippen LogP contribution in [0, 0.1) is 0 Å². The van der Waals surface area contributed by atoms with Gasteiger partial charge in [0.2, 0.25) is 11.8 Å². The van der Waals surface area contributed by atoms with E-state index >= 15 is 0 Å². The number of carbonyl (C=O) groups is 5. The molecule has 1 N–H and O–H groups in total. The molecular formula is C26H36N4O6. The second-order valence-corrected chi connectivity index (χ2v) is 10.3. The van der Waals surface area contributed by atoms with Gasteiger partial charge in [-0.3, -0.25) is 39.1 Å². The molecule has 0 saturated carbocycles. The summed E-state index contributed by atoms with van der Waals surface area (Å²) in [5.74, 6) is -2.45. The smallest absolute Gasteiger partial charge is 0.320 e. The second-order valence-electron chi connectivity index (χ2n) is 10.3. The number of hydrogen-bond donors (Lipinski definition) is 1. The Bertz CT molecular complexity index is 1000. The number of ether oxygens (including phenoxy) is 1. The lowest BCUT2D eigenvalue weighted by molar-refractivity contribution is -0.156. The van der Waals surface area contributed by atoms with Crippen molar-refractivity contribution in [2.45, 2.75) is 58.1 Å². The number of carbonyl (C=O) groups excluding carboxylic acids is 5. The van der Waals surface area contributed by atoms with Gasteiger partial charge in [0.15, 0.2) is 0 Å². The molecule has 3 saturated heterocycles. The van der Waals surface area contributed by atoms with Gasteiger partial charge in [-0.25, -0.2) is 0 Å². The first kappa shape index (κ1) is 27.5. The van der Waals surface area contributed by atoms with Crippen LogP contribution in [0.25, 0.3) is 0 Å². The Morgan fingerprint density at radius 2 is 1.72 bits per heavy atom. The average molecular weight is 501 g/mol. The van der Waals surface area contributed by atoms with E-state index in [0.717, 1.165) is 44.0 Å². The van der Waals surface area contributed by atoms with E-state index in [1.54, 1.807) is 6.08 Å². The maximum Gasteiger partial charge on any atom is 0.320 e. The van der Waals surface area contributed by atoms with E-state index in [-0.39, 0.29) is 36.5 Å². The third kappa shape index (κ3) is 6.55. The average Bonchev–Trinajstić information content (AvgIpc) is 3.00. The predicted molar refractivity (Wildman–Crippen MR) is 132 cm³/mol. The minimum Gasteiger partial charge on any atom is -0.459 e. The van der Waals surface area contributed by atoms with E-state index in [2.05, 4.69) is 28.3 Å². The number of nitrogens with zero attached hydrogens (tertiary/aromatic N) is 3. The summed E-state index contributed by atoms with van der Waals surface area (Å²) in [7, 11) is 0. The van der Waals surface area contributed by atoms with Crippen LogP contribution >= 0.6 is 0 Å². The third-order valence-corrected chi connectivity index (χ3v) is 6.46. The first-order chi connectivity index (χ1) is 16.9. The molecule has 0 bridgehead atoms. The number of amides is 4. The molecule has 0 aromatic heterocycles. The SMILES string of the molecule is C=C/C(CCCN1CCN(CC(=O)OC(C)(C)C)CC1)=C1\C(=C)C(=O)N(C2CCC(=O)NC2=O)C1=O. The van der Waals surface area contributed by atoms with Crippen LogP contribution in [0.5, 0.6) is 0 Å². The van der Waals surface area contributed by atoms with Crippen molar-refractivity contribution in [2.24, 2.45) is 0 Å². The van der Waals surface area contributed by atoms with Gasteiger partial charge >= 0.3 is 5.97 Å². The van der Waals surface area contributed by atoms with Crippen molar-refractivity contribution in [2.75, 3.05) is 39.3 Å². The zero-order chi connectivity index (χ0) is 26.6. The highest BCUT2D eigenvalue weighted by Gasteiger charge is 2.46. The zero-order valence-corrected chi connectivity index (χ0v) is 21.4. The fraction of sp³-hybridized carbons (Fsp3) is 0.577. The van der Waals surface area contributed by atoms with Gasteiger partial charge in [0.05, 0.1) is 12.1 Å². The summed E-state index contributed by atoms with van der Waals surface area (Å²) in [6, 6.07) is -1.01. The Morgan fingerprint density at radius 1 is 1.08 bits per heavy atom. The lowest BCUT2D eigenvalue weighted by atomic mass is 9.99. The Morgan fingerprint density at radius 3 is 2.31 bits per heavy atom. The van der Waals surface area contributed by atoms with Crippen molar-refractivity contribution in [3.05, 3.63) is 36.0 Å². The van der Waals surface area contributed by atoms with Crippen molar-refractivity contribution in [3.8, 4) is 0 Å². The molecule has 0 aromatic carbocycles. The maximum atomic E-state index is 13.1. The van der Waals surface area contributed by atoms with E-state index in [4.69, 9.17) is 4.74 Å². The largest absolute Gasteiger partial charge is 0.459 e. The molecule has 10 nitrogen and oxygen atoms in total. The van der Waals surface area contributed by atoms with Crippen LogP contribution in [0.1, 0.15) is 46.5 Å². The van der Waals surface area contributed by atoms with Crippen molar-refractivity contribution < 1.29 is 28.7 Å². The molecule has 4 amide bonds. The first-order valence-corrected chi connectivity index (χ1v) is 12.3. The first-order valence-electron chi connectivity index (χ1n) is 12.3. The number of piperidine rings is 1. The lowest BCUT2D eigenvalue weighted by Gasteiger charge is -2.34. The summed E-state index contributed by atoms with van der Waals surface area (Å²) < 4.78 is 5.39. The minimum absolute atomic E-state index is 0.0513. The van der Waals surface area contributed by atoms with Gasteiger partial charge in [-0.15, -0.1) is 0 Å². The van der Waals surface area contributed by atoms with Gasteiger partial charge in [-0.2, -0.15) is 0 Å². The van der Waals surface area contributed by atoms with Crippen LogP contribution in [0.4, 0.5) is 0 Å². The summed E-state index contributed by atoms with van der Waals surface area (Å²) in [6.45, 7) is 17.4. The van der Waals surface area contributed by atoms with Crippen molar-refractivity contribution in [3.63, 3.8) is 0 Å². The second kappa shape index (κ2) is 11.3. The van der Waals surface area contributed by atoms with Crippen LogP contribution in [0.15, 0.2) is 36.0 Å². The minimum atomic E-state index is -1.01. The van der Waals surface area contributed by atoms with E-state index in [1.165, 1.54) is 0 Å². The molecule has 3 rings (SSSR count). The van der Waals surface area contributed by atoms with Crippen LogP contribution in [-0.2, 0) is 28.7 Å². The van der Waals surface area contributed by atoms with Crippen molar-refractivity contribution in [1.29, 1.82) is 0 Å². The summed E-state index contributed by atoms with van der Waals surface area (Å²) in [4.78, 5) is 67.0. The number of esters is 1. The Labute approximate surface area is 212 Å². The van der Waals surface area contributed by atoms with Crippen LogP contribution < -0.4 is 5.32 Å². The molecule has 3 fully saturated rings. The van der Waals surface area contributed by atoms with E-state index in [0.29, 0.717) is 12.0 Å². The molecule has 0 aliphatic carbocycles. The standard InChI is InChI=1S/C26H36N4O6/c1-6-18(8-7-11-28-12-14-29(15-13-28)16-21(32)36-26(3,4)5)22-17(2)24(34)30(25(22)35)19-9-10-20(31)27-23(19)33/h6,19H,1-2,7-16H2,3-5H3,(H,27,31,33)/b22-18-. The summed E-state index contributed by atoms with van der Waals surface area (Å²) >= 11 is 0. The quantitative estimate of drug-likeness (QED) is 0.297. The van der Waals surface area contributed by atoms with Gasteiger partial charge < -0.3 is 9.64 Å². The normalized spacial score (nSPS) is 23.7. The van der Waals surface area contributed by atoms with E-state index < -0.39 is 35.3 Å². The predicted octanol–water partition coefficient (Wildman–Crippen LogP) is 0.939. The summed E-state index contributed by atoms with van der Waals surface area (Å²) in [5.41, 5.74) is 0.375. The molecule has 36 heavy (non-hydrogen) atoms. The number of likely N-dealkylation sites (tertiary alicyclic amines) is 1. The van der Waals surface area contributed by atoms with E-state index in [1.807, 2.05) is 20.8 Å². The number of nitrogens with one attached hydrogen (secondary N) is 1. The van der Waals surface area contributed by atoms with Gasteiger partial charge in [0, 0.05) is 38.2 Å². The Balaban J connectivity index is 1.54. The fourth-order valence-corrected chi connectivity index (χ4v) is 4.69. The monoisotopic (exact) mass is 500 g/mol. The molecule has 196 valence electrons. The number of hydrogen-bond acceptors (Lipinski definition) is 8. The molecule has 0 aromatic rings. The third-order valence-electron chi connectivity index (χ3n) is 6.46. The molecule has 3 heterocycles. The molecule has 1 unspecified atom stereocenters. The molecule has 10 heteroatoms. The lowest BCUT2D eigenvalue weighted by Crippen LogP contribution is -2.54. The number of rotatable bonds is 8. The molecule has 0 spiro atoms. The highest BCUT2D eigenvalue weighted by Crippen LogP contribution is 2.32. The van der Waals surface area contributed by atoms with Gasteiger partial charge in [-0.05, 0) is 52.2 Å². The topological polar surface area (TPSA) is 116 Å². The summed E-state index contributed by atoms with van der Waals surface area (Å²) in [6.07, 6.45) is 3.01. The van der Waals surface area contributed by atoms with Crippen LogP contribution in [0.2, 0.25) is 0 Å². The molecule has 3 aliphatic heterocycles. The van der Waals surface area contributed by atoms with Crippen LogP contribution in [-0.4, -0.2) is 95.2 Å². The summed E-state index contributed by atoms with van der Waals surface area (Å²) in [5, 5.41) is 2.19. The number of imide groups is 2. The maximum absolute atomic E-state index is 13.1. The fourth-order valence-electron chi connectivity index (χ4n) is 4.69. The van der Waals surface area contributed by atoms with Crippen molar-refractivity contribution in [1.82, 2.24) is 20.0 Å². The number of piperazine rings is 1. The molecule has 3 aliphatic rings. The highest BCUT2D eigenvalue weighted by atomic mass is 16.6. The van der Waals surface area contributed by atoms with E-state index in [9.17, 15) is 24.0 Å². The zero-order valence-electron chi connectivity index (χ0n) is 21.4. The van der Waals surface area contributed by atoms with Gasteiger partial charge in [0.25, 0.3) is 11.8 Å². The Hall–Kier alpha value is -3.11. The molecular weight excluding hydrogens is 464 g/mol. The van der Waals surface area contributed by atoms with Gasteiger partial charge in [0.1, 0.15) is 11.6 Å². The molecule has 1 atom stereocenters.